The second-order valence-corrected chi connectivity index (χ2v) is 4.01. The van der Waals surface area contributed by atoms with Crippen LogP contribution in [0.3, 0.4) is 0 Å². The Morgan fingerprint density at radius 2 is 1.27 bits per heavy atom. The highest BCUT2D eigenvalue weighted by Gasteiger charge is 2.26. The van der Waals surface area contributed by atoms with Crippen molar-refractivity contribution in [1.29, 1.82) is 0 Å². The van der Waals surface area contributed by atoms with Gasteiger partial charge < -0.3 is 0 Å². The fourth-order valence-electron chi connectivity index (χ4n) is 1.54. The summed E-state index contributed by atoms with van der Waals surface area (Å²) in [7, 11) is 0. The molecule has 0 aliphatic rings. The molecule has 0 fully saturated rings. The summed E-state index contributed by atoms with van der Waals surface area (Å²) in [6.07, 6.45) is 5.43. The third kappa shape index (κ3) is 13.8. The van der Waals surface area contributed by atoms with Gasteiger partial charge >= 0.3 is 6.18 Å². The number of alkyl halides is 3. The van der Waals surface area contributed by atoms with Crippen LogP contribution in [0.15, 0.2) is 0 Å². The van der Waals surface area contributed by atoms with Crippen molar-refractivity contribution in [2.24, 2.45) is 0 Å². The molecule has 0 atom stereocenters. The number of halogens is 3. The number of rotatable bonds is 9. The highest BCUT2D eigenvalue weighted by molar-refractivity contribution is 4.73. The molecule has 15 heavy (non-hydrogen) atoms. The van der Waals surface area contributed by atoms with Crippen molar-refractivity contribution >= 4 is 0 Å². The van der Waals surface area contributed by atoms with E-state index < -0.39 is 6.18 Å². The zero-order valence-electron chi connectivity index (χ0n) is 9.58. The molecule has 0 rings (SSSR count). The van der Waals surface area contributed by atoms with Crippen LogP contribution in [0.1, 0.15) is 64.7 Å². The fourth-order valence-corrected chi connectivity index (χ4v) is 1.54. The highest BCUT2D eigenvalue weighted by Crippen LogP contribution is 2.22. The summed E-state index contributed by atoms with van der Waals surface area (Å²) in [4.78, 5) is 0. The van der Waals surface area contributed by atoms with Crippen molar-refractivity contribution in [3.8, 4) is 0 Å². The van der Waals surface area contributed by atoms with Crippen LogP contribution in [-0.2, 0) is 0 Å². The minimum atomic E-state index is -4.08. The minimum Gasteiger partial charge on any atom is -0.171 e. The summed E-state index contributed by atoms with van der Waals surface area (Å²) in [5.41, 5.74) is 0. The van der Waals surface area contributed by atoms with Crippen molar-refractivity contribution in [3.05, 3.63) is 6.42 Å². The van der Waals surface area contributed by atoms with Gasteiger partial charge in [-0.2, -0.15) is 13.2 Å². The van der Waals surface area contributed by atoms with Crippen molar-refractivity contribution in [1.82, 2.24) is 0 Å². The van der Waals surface area contributed by atoms with Crippen LogP contribution in [-0.4, -0.2) is 6.18 Å². The monoisotopic (exact) mass is 223 g/mol. The van der Waals surface area contributed by atoms with Gasteiger partial charge in [0, 0.05) is 0 Å². The molecule has 0 aromatic carbocycles. The first-order chi connectivity index (χ1) is 7.06. The average Bonchev–Trinajstić information content (AvgIpc) is 2.14. The van der Waals surface area contributed by atoms with E-state index in [1.54, 1.807) is 0 Å². The van der Waals surface area contributed by atoms with E-state index in [-0.39, 0.29) is 6.42 Å². The van der Waals surface area contributed by atoms with Gasteiger partial charge in [0.2, 0.25) is 0 Å². The van der Waals surface area contributed by atoms with Gasteiger partial charge in [0.1, 0.15) is 0 Å². The second-order valence-electron chi connectivity index (χ2n) is 4.01. The molecule has 1 radical (unpaired) electrons. The second kappa shape index (κ2) is 9.05. The van der Waals surface area contributed by atoms with E-state index in [4.69, 9.17) is 0 Å². The Bertz CT molecular complexity index is 129. The molecule has 3 heteroatoms. The molecular formula is C12H22F3. The molecule has 0 aromatic heterocycles. The van der Waals surface area contributed by atoms with E-state index in [0.29, 0.717) is 12.8 Å². The largest absolute Gasteiger partial charge is 0.392 e. The zero-order chi connectivity index (χ0) is 11.6. The number of hydrogen-bond donors (Lipinski definition) is 0. The standard InChI is InChI=1S/C12H22F3/c1-2-3-4-5-6-7-8-9-10-11-12(13,14)15/h11H,2-10H2,1H3. The first-order valence-corrected chi connectivity index (χ1v) is 5.97. The van der Waals surface area contributed by atoms with Gasteiger partial charge in [0.05, 0.1) is 6.42 Å². The molecule has 0 aromatic rings. The van der Waals surface area contributed by atoms with Crippen molar-refractivity contribution in [2.75, 3.05) is 0 Å². The van der Waals surface area contributed by atoms with Crippen molar-refractivity contribution in [2.45, 2.75) is 70.9 Å². The summed E-state index contributed by atoms with van der Waals surface area (Å²) < 4.78 is 35.1. The predicted octanol–water partition coefficient (Wildman–Crippen LogP) is 5.28. The van der Waals surface area contributed by atoms with E-state index in [1.807, 2.05) is 0 Å². The molecule has 0 spiro atoms. The summed E-state index contributed by atoms with van der Waals surface area (Å²) in [6.45, 7) is 2.17. The summed E-state index contributed by atoms with van der Waals surface area (Å²) >= 11 is 0. The van der Waals surface area contributed by atoms with Gasteiger partial charge in [-0.15, -0.1) is 0 Å². The Hall–Kier alpha value is -0.210. The molecule has 0 unspecified atom stereocenters. The lowest BCUT2D eigenvalue weighted by Gasteiger charge is -2.05. The number of unbranched alkanes of at least 4 members (excludes halogenated alkanes) is 8. The molecule has 0 N–H and O–H groups in total. The van der Waals surface area contributed by atoms with Crippen LogP contribution in [0, 0.1) is 6.42 Å². The van der Waals surface area contributed by atoms with Crippen molar-refractivity contribution in [3.63, 3.8) is 0 Å². The lowest BCUT2D eigenvalue weighted by molar-refractivity contribution is -0.0984. The molecule has 0 aliphatic heterocycles. The normalized spacial score (nSPS) is 12.0. The highest BCUT2D eigenvalue weighted by atomic mass is 19.4. The summed E-state index contributed by atoms with van der Waals surface area (Å²) in [6, 6.07) is 0. The van der Waals surface area contributed by atoms with Crippen LogP contribution >= 0.6 is 0 Å². The summed E-state index contributed by atoms with van der Waals surface area (Å²) in [5.74, 6) is 0. The van der Waals surface area contributed by atoms with Gasteiger partial charge in [0.15, 0.2) is 0 Å². The Kier molecular flexibility index (Phi) is 8.92. The lowest BCUT2D eigenvalue weighted by atomic mass is 10.1. The van der Waals surface area contributed by atoms with Gasteiger partial charge in [-0.3, -0.25) is 0 Å². The molecule has 0 saturated carbocycles. The Balaban J connectivity index is 2.99. The fraction of sp³-hybridized carbons (Fsp3) is 0.917. The maximum absolute atomic E-state index is 11.7. The SMILES string of the molecule is CCCCCCCCCC[CH]C(F)(F)F. The topological polar surface area (TPSA) is 0 Å². The molecule has 0 bridgehead atoms. The number of hydrogen-bond acceptors (Lipinski definition) is 0. The molecule has 0 saturated heterocycles. The van der Waals surface area contributed by atoms with Crippen molar-refractivity contribution < 1.29 is 13.2 Å². The summed E-state index contributed by atoms with van der Waals surface area (Å²) in [5, 5.41) is 0. The van der Waals surface area contributed by atoms with Gasteiger partial charge in [0.25, 0.3) is 0 Å². The van der Waals surface area contributed by atoms with E-state index in [0.717, 1.165) is 12.8 Å². The van der Waals surface area contributed by atoms with Crippen LogP contribution in [0.2, 0.25) is 0 Å². The smallest absolute Gasteiger partial charge is 0.171 e. The van der Waals surface area contributed by atoms with E-state index in [9.17, 15) is 13.2 Å². The van der Waals surface area contributed by atoms with Crippen LogP contribution < -0.4 is 0 Å². The molecule has 91 valence electrons. The van der Waals surface area contributed by atoms with Crippen LogP contribution in [0.5, 0.6) is 0 Å². The Labute approximate surface area is 91.3 Å². The molecule has 0 nitrogen and oxygen atoms in total. The maximum Gasteiger partial charge on any atom is 0.392 e. The third-order valence-electron chi connectivity index (χ3n) is 2.43. The zero-order valence-corrected chi connectivity index (χ0v) is 9.58. The predicted molar refractivity (Wildman–Crippen MR) is 57.6 cm³/mol. The molecular weight excluding hydrogens is 201 g/mol. The first-order valence-electron chi connectivity index (χ1n) is 5.97. The Morgan fingerprint density at radius 1 is 0.800 bits per heavy atom. The minimum absolute atomic E-state index is 0.179. The van der Waals surface area contributed by atoms with Gasteiger partial charge in [-0.1, -0.05) is 58.3 Å². The molecule has 0 aliphatic carbocycles. The van der Waals surface area contributed by atoms with E-state index >= 15 is 0 Å². The van der Waals surface area contributed by atoms with Gasteiger partial charge in [-0.25, -0.2) is 0 Å². The lowest BCUT2D eigenvalue weighted by Crippen LogP contribution is -2.07. The average molecular weight is 223 g/mol. The van der Waals surface area contributed by atoms with Crippen LogP contribution in [0.4, 0.5) is 13.2 Å². The molecule has 0 amide bonds. The van der Waals surface area contributed by atoms with Crippen LogP contribution in [0.25, 0.3) is 0 Å². The quantitative estimate of drug-likeness (QED) is 0.466. The maximum atomic E-state index is 11.7. The third-order valence-corrected chi connectivity index (χ3v) is 2.43. The van der Waals surface area contributed by atoms with E-state index in [2.05, 4.69) is 6.92 Å². The Morgan fingerprint density at radius 3 is 1.73 bits per heavy atom. The van der Waals surface area contributed by atoms with Gasteiger partial charge in [-0.05, 0) is 6.42 Å². The van der Waals surface area contributed by atoms with E-state index in [1.165, 1.54) is 32.1 Å². The first kappa shape index (κ1) is 14.8. The molecule has 0 heterocycles.